The Kier molecular flexibility index (Phi) is 2.12. The maximum absolute atomic E-state index is 5.97. The van der Waals surface area contributed by atoms with Crippen molar-refractivity contribution in [3.63, 3.8) is 0 Å². The van der Waals surface area contributed by atoms with Crippen LogP contribution in [0.2, 0.25) is 0 Å². The first-order valence-electron chi connectivity index (χ1n) is 3.91. The summed E-state index contributed by atoms with van der Waals surface area (Å²) in [5.41, 5.74) is 8.63. The lowest BCUT2D eigenvalue weighted by Crippen LogP contribution is -2.11. The Labute approximate surface area is 80.0 Å². The Morgan fingerprint density at radius 1 is 1.62 bits per heavy atom. The van der Waals surface area contributed by atoms with Gasteiger partial charge in [-0.25, -0.2) is 0 Å². The lowest BCUT2D eigenvalue weighted by molar-refractivity contribution is 0.719. The number of rotatable bonds is 2. The molecule has 0 amide bonds. The molecule has 13 heavy (non-hydrogen) atoms. The second kappa shape index (κ2) is 3.27. The second-order valence-corrected chi connectivity index (χ2v) is 3.71. The topological polar surface area (TPSA) is 56.7 Å². The molecule has 0 saturated heterocycles. The van der Waals surface area contributed by atoms with Crippen LogP contribution in [0.25, 0.3) is 0 Å². The van der Waals surface area contributed by atoms with Gasteiger partial charge < -0.3 is 5.73 Å². The summed E-state index contributed by atoms with van der Waals surface area (Å²) in [6, 6.07) is 1.78. The molecule has 0 bridgehead atoms. The van der Waals surface area contributed by atoms with Crippen LogP contribution in [0, 0.1) is 0 Å². The van der Waals surface area contributed by atoms with Gasteiger partial charge in [-0.15, -0.1) is 11.3 Å². The van der Waals surface area contributed by atoms with Crippen LogP contribution in [0.5, 0.6) is 0 Å². The molecule has 0 aliphatic carbocycles. The Morgan fingerprint density at radius 3 is 3.00 bits per heavy atom. The minimum Gasteiger partial charge on any atom is -0.318 e. The molecule has 1 atom stereocenters. The molecule has 0 aromatic carbocycles. The average Bonchev–Trinajstić information content (AvgIpc) is 2.72. The Hall–Kier alpha value is -1.20. The van der Waals surface area contributed by atoms with Gasteiger partial charge in [0.15, 0.2) is 0 Å². The van der Waals surface area contributed by atoms with Crippen LogP contribution in [0.4, 0.5) is 0 Å². The molecule has 68 valence electrons. The van der Waals surface area contributed by atoms with Crippen LogP contribution < -0.4 is 5.73 Å². The van der Waals surface area contributed by atoms with Crippen LogP contribution in [0.3, 0.4) is 0 Å². The molecule has 0 fully saturated rings. The van der Waals surface area contributed by atoms with Crippen molar-refractivity contribution in [1.29, 1.82) is 0 Å². The predicted octanol–water partition coefficient (Wildman–Crippen LogP) is 0.925. The minimum absolute atomic E-state index is 0.145. The Morgan fingerprint density at radius 2 is 2.46 bits per heavy atom. The zero-order valence-electron chi connectivity index (χ0n) is 7.21. The maximum Gasteiger partial charge on any atom is 0.0854 e. The molecule has 4 nitrogen and oxygen atoms in total. The van der Waals surface area contributed by atoms with Gasteiger partial charge in [-0.1, -0.05) is 0 Å². The molecule has 1 unspecified atom stereocenters. The van der Waals surface area contributed by atoms with Crippen molar-refractivity contribution in [2.75, 3.05) is 0 Å². The fourth-order valence-electron chi connectivity index (χ4n) is 1.12. The summed E-state index contributed by atoms with van der Waals surface area (Å²) in [7, 11) is 1.88. The van der Waals surface area contributed by atoms with Crippen molar-refractivity contribution in [2.24, 2.45) is 12.8 Å². The first kappa shape index (κ1) is 8.40. The summed E-state index contributed by atoms with van der Waals surface area (Å²) in [5.74, 6) is 0. The summed E-state index contributed by atoms with van der Waals surface area (Å²) in [4.78, 5) is 5.02. The van der Waals surface area contributed by atoms with Crippen molar-refractivity contribution in [3.05, 3.63) is 34.5 Å². The van der Waals surface area contributed by atoms with E-state index in [1.165, 1.54) is 0 Å². The quantitative estimate of drug-likeness (QED) is 0.773. The highest BCUT2D eigenvalue weighted by molar-refractivity contribution is 7.09. The highest BCUT2D eigenvalue weighted by atomic mass is 32.1. The summed E-state index contributed by atoms with van der Waals surface area (Å²) >= 11 is 1.55. The average molecular weight is 194 g/mol. The molecule has 0 aliphatic rings. The van der Waals surface area contributed by atoms with Crippen molar-refractivity contribution in [1.82, 2.24) is 14.8 Å². The molecular weight excluding hydrogens is 184 g/mol. The maximum atomic E-state index is 5.97. The molecule has 2 rings (SSSR count). The minimum atomic E-state index is -0.145. The van der Waals surface area contributed by atoms with E-state index in [4.69, 9.17) is 5.73 Å². The van der Waals surface area contributed by atoms with E-state index in [1.54, 1.807) is 27.7 Å². The zero-order chi connectivity index (χ0) is 9.26. The van der Waals surface area contributed by atoms with Gasteiger partial charge in [0.25, 0.3) is 0 Å². The van der Waals surface area contributed by atoms with Gasteiger partial charge in [-0.3, -0.25) is 9.67 Å². The summed E-state index contributed by atoms with van der Waals surface area (Å²) < 4.78 is 1.75. The second-order valence-electron chi connectivity index (χ2n) is 2.80. The van der Waals surface area contributed by atoms with Gasteiger partial charge in [0.05, 0.1) is 17.2 Å². The van der Waals surface area contributed by atoms with Gasteiger partial charge in [-0.2, -0.15) is 5.10 Å². The van der Waals surface area contributed by atoms with Gasteiger partial charge >= 0.3 is 0 Å². The third-order valence-electron chi connectivity index (χ3n) is 1.81. The third-order valence-corrected chi connectivity index (χ3v) is 2.67. The number of aryl methyl sites for hydroxylation is 1. The Bertz CT molecular complexity index is 379. The van der Waals surface area contributed by atoms with E-state index in [9.17, 15) is 0 Å². The SMILES string of the molecule is Cn1ccc(C(N)c2cncs2)n1. The zero-order valence-corrected chi connectivity index (χ0v) is 8.03. The highest BCUT2D eigenvalue weighted by Crippen LogP contribution is 2.20. The third kappa shape index (κ3) is 1.61. The van der Waals surface area contributed by atoms with Gasteiger partial charge in [0, 0.05) is 24.3 Å². The summed E-state index contributed by atoms with van der Waals surface area (Å²) in [6.45, 7) is 0. The van der Waals surface area contributed by atoms with Crippen LogP contribution in [0.15, 0.2) is 24.0 Å². The van der Waals surface area contributed by atoms with Crippen LogP contribution >= 0.6 is 11.3 Å². The van der Waals surface area contributed by atoms with Crippen molar-refractivity contribution >= 4 is 11.3 Å². The van der Waals surface area contributed by atoms with E-state index in [1.807, 2.05) is 19.3 Å². The van der Waals surface area contributed by atoms with Gasteiger partial charge in [-0.05, 0) is 6.07 Å². The fraction of sp³-hybridized carbons (Fsp3) is 0.250. The fourth-order valence-corrected chi connectivity index (χ4v) is 1.76. The van der Waals surface area contributed by atoms with E-state index < -0.39 is 0 Å². The number of thiazole rings is 1. The van der Waals surface area contributed by atoms with Crippen LogP contribution in [0.1, 0.15) is 16.6 Å². The van der Waals surface area contributed by atoms with Crippen molar-refractivity contribution in [2.45, 2.75) is 6.04 Å². The number of hydrogen-bond donors (Lipinski definition) is 1. The molecule has 5 heteroatoms. The number of hydrogen-bond acceptors (Lipinski definition) is 4. The first-order chi connectivity index (χ1) is 6.27. The Balaban J connectivity index is 2.28. The molecule has 2 aromatic heterocycles. The standard InChI is InChI=1S/C8H10N4S/c1-12-3-2-6(11-12)8(9)7-4-10-5-13-7/h2-5,8H,9H2,1H3. The van der Waals surface area contributed by atoms with Crippen molar-refractivity contribution in [3.8, 4) is 0 Å². The lowest BCUT2D eigenvalue weighted by Gasteiger charge is -2.03. The predicted molar refractivity (Wildman–Crippen MR) is 51.4 cm³/mol. The summed E-state index contributed by atoms with van der Waals surface area (Å²) in [6.07, 6.45) is 3.67. The van der Waals surface area contributed by atoms with Crippen LogP contribution in [-0.4, -0.2) is 14.8 Å². The molecule has 0 aliphatic heterocycles. The van der Waals surface area contributed by atoms with Gasteiger partial charge in [0.1, 0.15) is 0 Å². The smallest absolute Gasteiger partial charge is 0.0854 e. The highest BCUT2D eigenvalue weighted by Gasteiger charge is 2.12. The van der Waals surface area contributed by atoms with Crippen LogP contribution in [-0.2, 0) is 7.05 Å². The normalized spacial score (nSPS) is 13.1. The molecule has 2 N–H and O–H groups in total. The lowest BCUT2D eigenvalue weighted by atomic mass is 10.2. The van der Waals surface area contributed by atoms with E-state index in [-0.39, 0.29) is 6.04 Å². The molecule has 2 aromatic rings. The largest absolute Gasteiger partial charge is 0.318 e. The van der Waals surface area contributed by atoms with E-state index in [0.29, 0.717) is 0 Å². The molecule has 2 heterocycles. The number of nitrogens with zero attached hydrogens (tertiary/aromatic N) is 3. The van der Waals surface area contributed by atoms with Crippen molar-refractivity contribution < 1.29 is 0 Å². The number of aromatic nitrogens is 3. The molecule has 0 spiro atoms. The van der Waals surface area contributed by atoms with E-state index >= 15 is 0 Å². The molecular formula is C8H10N4S. The monoisotopic (exact) mass is 194 g/mol. The molecule has 0 saturated carbocycles. The van der Waals surface area contributed by atoms with E-state index in [2.05, 4.69) is 10.1 Å². The number of nitrogens with two attached hydrogens (primary N) is 1. The molecule has 0 radical (unpaired) electrons. The van der Waals surface area contributed by atoms with E-state index in [0.717, 1.165) is 10.6 Å². The van der Waals surface area contributed by atoms with Gasteiger partial charge in [0.2, 0.25) is 0 Å². The summed E-state index contributed by atoms with van der Waals surface area (Å²) in [5, 5.41) is 4.24. The first-order valence-corrected chi connectivity index (χ1v) is 4.79.